The Morgan fingerprint density at radius 2 is 1.55 bits per heavy atom. The maximum absolute atomic E-state index is 12.9. The minimum atomic E-state index is -0.338. The van der Waals surface area contributed by atoms with E-state index in [0.29, 0.717) is 0 Å². The zero-order chi connectivity index (χ0) is 22.9. The van der Waals surface area contributed by atoms with E-state index in [2.05, 4.69) is 24.3 Å². The number of nitrogens with zero attached hydrogens (tertiary/aromatic N) is 2. The zero-order valence-electron chi connectivity index (χ0n) is 17.2. The van der Waals surface area contributed by atoms with Gasteiger partial charge in [-0.05, 0) is 35.0 Å². The molecule has 160 valence electrons. The number of imidazole rings is 1. The quantitative estimate of drug-likeness (QED) is 0.194. The van der Waals surface area contributed by atoms with E-state index in [4.69, 9.17) is 28.2 Å². The summed E-state index contributed by atoms with van der Waals surface area (Å²) in [7, 11) is 1.97. The number of aromatic nitrogens is 2. The minimum Gasteiger partial charge on any atom is -0.326 e. The lowest BCUT2D eigenvalue weighted by Crippen LogP contribution is -1.99. The van der Waals surface area contributed by atoms with Crippen molar-refractivity contribution in [2.24, 2.45) is 7.05 Å². The fourth-order valence-corrected chi connectivity index (χ4v) is 5.65. The molecule has 4 nitrogen and oxygen atoms in total. The van der Waals surface area contributed by atoms with Crippen molar-refractivity contribution < 1.29 is 9.59 Å². The Morgan fingerprint density at radius 3 is 2.24 bits per heavy atom. The van der Waals surface area contributed by atoms with Gasteiger partial charge in [0.1, 0.15) is 10.7 Å². The molecule has 0 fully saturated rings. The van der Waals surface area contributed by atoms with Crippen LogP contribution in [-0.2, 0) is 7.05 Å². The number of carbonyl (C=O) groups is 2. The molecule has 2 aromatic heterocycles. The molecule has 0 N–H and O–H groups in total. The van der Waals surface area contributed by atoms with Gasteiger partial charge in [0, 0.05) is 28.6 Å². The van der Waals surface area contributed by atoms with Crippen LogP contribution in [0.4, 0.5) is 0 Å². The maximum atomic E-state index is 12.9. The molecule has 7 heteroatoms. The smallest absolute Gasteiger partial charge is 0.197 e. The van der Waals surface area contributed by atoms with E-state index in [9.17, 15) is 9.59 Å². The molecule has 0 saturated heterocycles. The molecule has 0 bridgehead atoms. The Bertz CT molecular complexity index is 1650. The van der Waals surface area contributed by atoms with Crippen molar-refractivity contribution in [3.63, 3.8) is 0 Å². The fourth-order valence-electron chi connectivity index (χ4n) is 4.32. The number of halogens is 2. The van der Waals surface area contributed by atoms with E-state index in [1.807, 2.05) is 35.9 Å². The summed E-state index contributed by atoms with van der Waals surface area (Å²) in [5.41, 5.74) is 2.70. The van der Waals surface area contributed by atoms with Crippen LogP contribution in [0.25, 0.3) is 38.6 Å². The number of benzene rings is 3. The highest BCUT2D eigenvalue weighted by molar-refractivity contribution is 7.19. The van der Waals surface area contributed by atoms with Crippen molar-refractivity contribution >= 4 is 73.3 Å². The Morgan fingerprint density at radius 1 is 0.879 bits per heavy atom. The van der Waals surface area contributed by atoms with Gasteiger partial charge >= 0.3 is 0 Å². The molecule has 0 unspecified atom stereocenters. The van der Waals surface area contributed by atoms with Gasteiger partial charge in [0.05, 0.1) is 21.1 Å². The van der Waals surface area contributed by atoms with Crippen LogP contribution >= 0.6 is 34.5 Å². The number of rotatable bonds is 2. The lowest BCUT2D eigenvalue weighted by molar-refractivity contribution is 0.0990. The third kappa shape index (κ3) is 3.08. The first-order valence-corrected chi connectivity index (χ1v) is 11.7. The molecular weight excluding hydrogens is 475 g/mol. The van der Waals surface area contributed by atoms with Crippen LogP contribution in [0, 0.1) is 0 Å². The van der Waals surface area contributed by atoms with E-state index in [1.165, 1.54) is 23.5 Å². The van der Waals surface area contributed by atoms with Gasteiger partial charge in [-0.3, -0.25) is 9.59 Å². The number of fused-ring (bicyclic) bond motifs is 3. The summed E-state index contributed by atoms with van der Waals surface area (Å²) in [6.45, 7) is 0. The molecule has 0 aliphatic heterocycles. The van der Waals surface area contributed by atoms with Crippen LogP contribution in [0.2, 0.25) is 10.0 Å². The molecule has 0 amide bonds. The van der Waals surface area contributed by atoms with Gasteiger partial charge < -0.3 is 4.57 Å². The molecule has 6 rings (SSSR count). The molecule has 0 saturated carbocycles. The van der Waals surface area contributed by atoms with Gasteiger partial charge in [-0.15, -0.1) is 11.3 Å². The van der Waals surface area contributed by atoms with Gasteiger partial charge in [0.25, 0.3) is 0 Å². The number of hydrogen-bond donors (Lipinski definition) is 0. The molecule has 3 aromatic carbocycles. The van der Waals surface area contributed by atoms with Crippen LogP contribution in [0.1, 0.15) is 25.6 Å². The SMILES string of the molecule is Cn1c(-c2cccc3ccccc23)nc2sc(C=C3C(=O)c4cc(Cl)c(Cl)cc4C3=O)cc21. The Hall–Kier alpha value is -3.25. The van der Waals surface area contributed by atoms with Crippen LogP contribution in [0.5, 0.6) is 0 Å². The average molecular weight is 489 g/mol. The third-order valence-corrected chi connectivity index (χ3v) is 7.64. The van der Waals surface area contributed by atoms with E-state index in [-0.39, 0.29) is 38.3 Å². The van der Waals surface area contributed by atoms with Crippen molar-refractivity contribution in [2.45, 2.75) is 0 Å². The summed E-state index contributed by atoms with van der Waals surface area (Å²) < 4.78 is 2.04. The molecule has 0 radical (unpaired) electrons. The summed E-state index contributed by atoms with van der Waals surface area (Å²) in [6, 6.07) is 19.3. The summed E-state index contributed by atoms with van der Waals surface area (Å²) in [4.78, 5) is 32.2. The largest absolute Gasteiger partial charge is 0.326 e. The van der Waals surface area contributed by atoms with Crippen LogP contribution in [0.3, 0.4) is 0 Å². The normalized spacial score (nSPS) is 13.4. The number of Topliss-reactive ketones (excluding diaryl/α,β-unsaturated/α-hetero) is 2. The highest BCUT2D eigenvalue weighted by Gasteiger charge is 2.34. The zero-order valence-corrected chi connectivity index (χ0v) is 19.6. The molecule has 2 heterocycles. The summed E-state index contributed by atoms with van der Waals surface area (Å²) in [5.74, 6) is 0.197. The first-order chi connectivity index (χ1) is 15.9. The van der Waals surface area contributed by atoms with E-state index >= 15 is 0 Å². The van der Waals surface area contributed by atoms with E-state index in [0.717, 1.165) is 37.4 Å². The monoisotopic (exact) mass is 488 g/mol. The fraction of sp³-hybridized carbons (Fsp3) is 0.0385. The van der Waals surface area contributed by atoms with E-state index in [1.54, 1.807) is 6.08 Å². The van der Waals surface area contributed by atoms with Gasteiger partial charge in [0.15, 0.2) is 11.6 Å². The Kier molecular flexibility index (Phi) is 4.56. The van der Waals surface area contributed by atoms with Crippen molar-refractivity contribution in [3.05, 3.63) is 92.3 Å². The number of thiophene rings is 1. The number of hydrogen-bond acceptors (Lipinski definition) is 4. The number of allylic oxidation sites excluding steroid dienone is 1. The van der Waals surface area contributed by atoms with Crippen molar-refractivity contribution in [1.82, 2.24) is 9.55 Å². The van der Waals surface area contributed by atoms with Gasteiger partial charge in [0.2, 0.25) is 0 Å². The summed E-state index contributed by atoms with van der Waals surface area (Å²) >= 11 is 13.5. The second kappa shape index (κ2) is 7.39. The molecule has 5 aromatic rings. The molecule has 1 aliphatic rings. The Labute approximate surface area is 202 Å². The summed E-state index contributed by atoms with van der Waals surface area (Å²) in [5, 5.41) is 2.81. The number of carbonyl (C=O) groups excluding carboxylic acids is 2. The topological polar surface area (TPSA) is 52.0 Å². The van der Waals surface area contributed by atoms with Crippen LogP contribution in [0.15, 0.2) is 66.2 Å². The highest BCUT2D eigenvalue weighted by Crippen LogP contribution is 2.37. The Balaban J connectivity index is 1.43. The van der Waals surface area contributed by atoms with Gasteiger partial charge in [-0.2, -0.15) is 0 Å². The lowest BCUT2D eigenvalue weighted by atomic mass is 10.0. The first kappa shape index (κ1) is 20.4. The standard InChI is InChI=1S/C26H14Cl2N2O2S/c1-30-22-10-14(9-19-23(31)17-11-20(27)21(28)12-18(17)24(19)32)33-26(22)29-25(30)16-8-4-6-13-5-2-3-7-15(13)16/h2-12H,1H3. The molecule has 0 spiro atoms. The average Bonchev–Trinajstić information content (AvgIpc) is 3.42. The molecule has 0 atom stereocenters. The predicted molar refractivity (Wildman–Crippen MR) is 135 cm³/mol. The molecule has 1 aliphatic carbocycles. The van der Waals surface area contributed by atoms with Crippen molar-refractivity contribution in [1.29, 1.82) is 0 Å². The number of ketones is 2. The molecular formula is C26H14Cl2N2O2S. The maximum Gasteiger partial charge on any atom is 0.197 e. The third-order valence-electron chi connectivity index (χ3n) is 5.96. The van der Waals surface area contributed by atoms with Crippen molar-refractivity contribution in [3.8, 4) is 11.4 Å². The highest BCUT2D eigenvalue weighted by atomic mass is 35.5. The number of aryl methyl sites for hydroxylation is 1. The second-order valence-electron chi connectivity index (χ2n) is 7.89. The molecule has 33 heavy (non-hydrogen) atoms. The summed E-state index contributed by atoms with van der Waals surface area (Å²) in [6.07, 6.45) is 1.64. The minimum absolute atomic E-state index is 0.115. The lowest BCUT2D eigenvalue weighted by Gasteiger charge is -2.06. The van der Waals surface area contributed by atoms with Crippen LogP contribution in [-0.4, -0.2) is 21.1 Å². The van der Waals surface area contributed by atoms with Gasteiger partial charge in [-0.25, -0.2) is 4.98 Å². The first-order valence-electron chi connectivity index (χ1n) is 10.2. The van der Waals surface area contributed by atoms with Crippen LogP contribution < -0.4 is 0 Å². The second-order valence-corrected chi connectivity index (χ2v) is 9.77. The van der Waals surface area contributed by atoms with E-state index < -0.39 is 0 Å². The van der Waals surface area contributed by atoms with Gasteiger partial charge in [-0.1, -0.05) is 65.7 Å². The van der Waals surface area contributed by atoms with Crippen molar-refractivity contribution in [2.75, 3.05) is 0 Å². The predicted octanol–water partition coefficient (Wildman–Crippen LogP) is 7.22.